The SMILES string of the molecule is COc1ccc(CNC(=O)/C=C/c2ccc(OC(F)F)cc2)cc1. The second kappa shape index (κ2) is 8.67. The van der Waals surface area contributed by atoms with Gasteiger partial charge >= 0.3 is 6.61 Å². The monoisotopic (exact) mass is 333 g/mol. The summed E-state index contributed by atoms with van der Waals surface area (Å²) >= 11 is 0. The average Bonchev–Trinajstić information content (AvgIpc) is 2.59. The van der Waals surface area contributed by atoms with Gasteiger partial charge in [0.25, 0.3) is 0 Å². The number of carbonyl (C=O) groups is 1. The zero-order valence-corrected chi connectivity index (χ0v) is 13.0. The lowest BCUT2D eigenvalue weighted by Crippen LogP contribution is -2.20. The first-order valence-electron chi connectivity index (χ1n) is 7.20. The number of nitrogens with one attached hydrogen (secondary N) is 1. The lowest BCUT2D eigenvalue weighted by atomic mass is 10.2. The Bertz CT molecular complexity index is 682. The van der Waals surface area contributed by atoms with Crippen molar-refractivity contribution in [3.8, 4) is 11.5 Å². The Morgan fingerprint density at radius 3 is 2.29 bits per heavy atom. The average molecular weight is 333 g/mol. The van der Waals surface area contributed by atoms with Gasteiger partial charge in [-0.3, -0.25) is 4.79 Å². The van der Waals surface area contributed by atoms with E-state index in [4.69, 9.17) is 4.74 Å². The molecule has 0 spiro atoms. The molecule has 6 heteroatoms. The molecule has 126 valence electrons. The van der Waals surface area contributed by atoms with Crippen LogP contribution in [0.1, 0.15) is 11.1 Å². The van der Waals surface area contributed by atoms with Gasteiger partial charge in [-0.05, 0) is 41.5 Å². The van der Waals surface area contributed by atoms with Gasteiger partial charge in [0.15, 0.2) is 0 Å². The molecule has 0 saturated carbocycles. The number of alkyl halides is 2. The number of hydrogen-bond acceptors (Lipinski definition) is 3. The Morgan fingerprint density at radius 1 is 1.08 bits per heavy atom. The van der Waals surface area contributed by atoms with Gasteiger partial charge in [0.1, 0.15) is 11.5 Å². The van der Waals surface area contributed by atoms with Gasteiger partial charge in [0, 0.05) is 12.6 Å². The molecule has 0 radical (unpaired) electrons. The normalized spacial score (nSPS) is 10.8. The zero-order chi connectivity index (χ0) is 17.4. The summed E-state index contributed by atoms with van der Waals surface area (Å²) in [6, 6.07) is 13.4. The van der Waals surface area contributed by atoms with Crippen molar-refractivity contribution in [1.29, 1.82) is 0 Å². The van der Waals surface area contributed by atoms with Crippen molar-refractivity contribution in [2.75, 3.05) is 7.11 Å². The minimum absolute atomic E-state index is 0.0751. The van der Waals surface area contributed by atoms with Crippen molar-refractivity contribution in [3.63, 3.8) is 0 Å². The first-order chi connectivity index (χ1) is 11.6. The maximum Gasteiger partial charge on any atom is 0.387 e. The number of ether oxygens (including phenoxy) is 2. The van der Waals surface area contributed by atoms with E-state index in [9.17, 15) is 13.6 Å². The molecule has 0 aliphatic carbocycles. The summed E-state index contributed by atoms with van der Waals surface area (Å²) in [6.07, 6.45) is 2.97. The van der Waals surface area contributed by atoms with Crippen molar-refractivity contribution < 1.29 is 23.0 Å². The van der Waals surface area contributed by atoms with E-state index in [1.54, 1.807) is 25.3 Å². The van der Waals surface area contributed by atoms with Gasteiger partial charge < -0.3 is 14.8 Å². The first-order valence-corrected chi connectivity index (χ1v) is 7.20. The summed E-state index contributed by atoms with van der Waals surface area (Å²) < 4.78 is 33.4. The Labute approximate surface area is 138 Å². The Morgan fingerprint density at radius 2 is 1.71 bits per heavy atom. The van der Waals surface area contributed by atoms with Crippen LogP contribution >= 0.6 is 0 Å². The highest BCUT2D eigenvalue weighted by molar-refractivity contribution is 5.91. The quantitative estimate of drug-likeness (QED) is 0.787. The van der Waals surface area contributed by atoms with Gasteiger partial charge in [-0.15, -0.1) is 0 Å². The molecule has 0 atom stereocenters. The van der Waals surface area contributed by atoms with Crippen LogP contribution in [0.2, 0.25) is 0 Å². The topological polar surface area (TPSA) is 47.6 Å². The third-order valence-electron chi connectivity index (χ3n) is 3.16. The molecule has 1 N–H and O–H groups in total. The van der Waals surface area contributed by atoms with Gasteiger partial charge in [0.05, 0.1) is 7.11 Å². The summed E-state index contributed by atoms with van der Waals surface area (Å²) in [7, 11) is 1.59. The predicted octanol–water partition coefficient (Wildman–Crippen LogP) is 3.63. The highest BCUT2D eigenvalue weighted by Gasteiger charge is 2.03. The molecule has 0 aliphatic rings. The van der Waals surface area contributed by atoms with Crippen LogP contribution in [-0.2, 0) is 11.3 Å². The van der Waals surface area contributed by atoms with Gasteiger partial charge in [-0.1, -0.05) is 24.3 Å². The molecular weight excluding hydrogens is 316 g/mol. The highest BCUT2D eigenvalue weighted by atomic mass is 19.3. The minimum Gasteiger partial charge on any atom is -0.497 e. The fourth-order valence-corrected chi connectivity index (χ4v) is 1.92. The summed E-state index contributed by atoms with van der Waals surface area (Å²) in [5, 5.41) is 2.75. The predicted molar refractivity (Wildman–Crippen MR) is 86.9 cm³/mol. The van der Waals surface area contributed by atoms with Crippen LogP contribution in [0.15, 0.2) is 54.6 Å². The molecule has 0 fully saturated rings. The molecule has 2 rings (SSSR count). The number of benzene rings is 2. The number of methoxy groups -OCH3 is 1. The van der Waals surface area contributed by atoms with E-state index in [1.807, 2.05) is 24.3 Å². The Balaban J connectivity index is 1.83. The molecule has 0 aliphatic heterocycles. The van der Waals surface area contributed by atoms with Crippen molar-refractivity contribution in [1.82, 2.24) is 5.32 Å². The lowest BCUT2D eigenvalue weighted by Gasteiger charge is -2.05. The summed E-state index contributed by atoms with van der Waals surface area (Å²) in [4.78, 5) is 11.8. The molecule has 4 nitrogen and oxygen atoms in total. The van der Waals surface area contributed by atoms with E-state index in [2.05, 4.69) is 10.1 Å². The van der Waals surface area contributed by atoms with Crippen molar-refractivity contribution in [3.05, 3.63) is 65.7 Å². The number of amides is 1. The lowest BCUT2D eigenvalue weighted by molar-refractivity contribution is -0.116. The molecule has 2 aromatic carbocycles. The van der Waals surface area contributed by atoms with E-state index in [-0.39, 0.29) is 11.7 Å². The fourth-order valence-electron chi connectivity index (χ4n) is 1.92. The van der Waals surface area contributed by atoms with E-state index >= 15 is 0 Å². The van der Waals surface area contributed by atoms with Crippen LogP contribution in [0.3, 0.4) is 0 Å². The standard InChI is InChI=1S/C18H17F2NO3/c1-23-15-7-4-14(5-8-15)12-21-17(22)11-6-13-2-9-16(10-3-13)24-18(19)20/h2-11,18H,12H2,1H3,(H,21,22)/b11-6+. The second-order valence-corrected chi connectivity index (χ2v) is 4.85. The van der Waals surface area contributed by atoms with Crippen LogP contribution in [-0.4, -0.2) is 19.6 Å². The maximum atomic E-state index is 12.0. The molecule has 2 aromatic rings. The molecule has 0 aromatic heterocycles. The molecule has 1 amide bonds. The molecular formula is C18H17F2NO3. The van der Waals surface area contributed by atoms with Crippen LogP contribution < -0.4 is 14.8 Å². The first kappa shape index (κ1) is 17.5. The highest BCUT2D eigenvalue weighted by Crippen LogP contribution is 2.15. The summed E-state index contributed by atoms with van der Waals surface area (Å²) in [5.74, 6) is 0.578. The smallest absolute Gasteiger partial charge is 0.387 e. The number of hydrogen-bond donors (Lipinski definition) is 1. The van der Waals surface area contributed by atoms with E-state index in [0.29, 0.717) is 12.1 Å². The van der Waals surface area contributed by atoms with Crippen LogP contribution in [0.4, 0.5) is 8.78 Å². The van der Waals surface area contributed by atoms with Crippen LogP contribution in [0, 0.1) is 0 Å². The number of carbonyl (C=O) groups excluding carboxylic acids is 1. The van der Waals surface area contributed by atoms with Gasteiger partial charge in [-0.25, -0.2) is 0 Å². The third-order valence-corrected chi connectivity index (χ3v) is 3.16. The van der Waals surface area contributed by atoms with E-state index < -0.39 is 6.61 Å². The molecule has 24 heavy (non-hydrogen) atoms. The van der Waals surface area contributed by atoms with Crippen LogP contribution in [0.5, 0.6) is 11.5 Å². The molecule has 0 saturated heterocycles. The van der Waals surface area contributed by atoms with Crippen molar-refractivity contribution >= 4 is 12.0 Å². The zero-order valence-electron chi connectivity index (χ0n) is 13.0. The number of halogens is 2. The van der Waals surface area contributed by atoms with Crippen molar-refractivity contribution in [2.24, 2.45) is 0 Å². The molecule has 0 bridgehead atoms. The summed E-state index contributed by atoms with van der Waals surface area (Å²) in [5.41, 5.74) is 1.65. The Hall–Kier alpha value is -2.89. The summed E-state index contributed by atoms with van der Waals surface area (Å²) in [6.45, 7) is -2.45. The van der Waals surface area contributed by atoms with E-state index in [0.717, 1.165) is 11.3 Å². The molecule has 0 heterocycles. The minimum atomic E-state index is -2.85. The Kier molecular flexibility index (Phi) is 6.31. The van der Waals surface area contributed by atoms with Crippen molar-refractivity contribution in [2.45, 2.75) is 13.2 Å². The van der Waals surface area contributed by atoms with Gasteiger partial charge in [0.2, 0.25) is 5.91 Å². The van der Waals surface area contributed by atoms with Crippen LogP contribution in [0.25, 0.3) is 6.08 Å². The van der Waals surface area contributed by atoms with Gasteiger partial charge in [-0.2, -0.15) is 8.78 Å². The van der Waals surface area contributed by atoms with E-state index in [1.165, 1.54) is 18.2 Å². The molecule has 0 unspecified atom stereocenters. The fraction of sp³-hybridized carbons (Fsp3) is 0.167. The number of rotatable bonds is 7. The second-order valence-electron chi connectivity index (χ2n) is 4.85. The third kappa shape index (κ3) is 5.72. The largest absolute Gasteiger partial charge is 0.497 e. The maximum absolute atomic E-state index is 12.0.